The average molecular weight is 205 g/mol. The standard InChI is InChI=1S/C13H19NO/c15-13(14-6-2-1-3-7-14)12-9-10-4-5-11(12)8-10/h4-5,10-12H,1-3,6-9H2/t10-,11+,12-/m1/s1. The van der Waals surface area contributed by atoms with Crippen LogP contribution in [0.4, 0.5) is 0 Å². The van der Waals surface area contributed by atoms with E-state index in [1.165, 1.54) is 25.7 Å². The van der Waals surface area contributed by atoms with Crippen molar-refractivity contribution in [2.24, 2.45) is 17.8 Å². The molecule has 1 amide bonds. The third kappa shape index (κ3) is 1.60. The van der Waals surface area contributed by atoms with E-state index in [2.05, 4.69) is 17.1 Å². The Morgan fingerprint density at radius 2 is 1.87 bits per heavy atom. The van der Waals surface area contributed by atoms with Gasteiger partial charge in [0, 0.05) is 19.0 Å². The van der Waals surface area contributed by atoms with Gasteiger partial charge in [-0.05, 0) is 43.9 Å². The first-order valence-corrected chi connectivity index (χ1v) is 6.32. The summed E-state index contributed by atoms with van der Waals surface area (Å²) in [6.07, 6.45) is 10.7. The Morgan fingerprint density at radius 3 is 2.47 bits per heavy atom. The maximum Gasteiger partial charge on any atom is 0.226 e. The number of amides is 1. The van der Waals surface area contributed by atoms with Gasteiger partial charge >= 0.3 is 0 Å². The SMILES string of the molecule is O=C([C@@H]1C[C@@H]2C=C[C@H]1C2)N1CCCCC1. The van der Waals surface area contributed by atoms with Gasteiger partial charge in [-0.25, -0.2) is 0 Å². The van der Waals surface area contributed by atoms with Gasteiger partial charge in [-0.3, -0.25) is 4.79 Å². The summed E-state index contributed by atoms with van der Waals surface area (Å²) in [5.74, 6) is 2.07. The minimum absolute atomic E-state index is 0.332. The van der Waals surface area contributed by atoms with E-state index in [1.807, 2.05) is 0 Å². The van der Waals surface area contributed by atoms with Crippen LogP contribution < -0.4 is 0 Å². The van der Waals surface area contributed by atoms with Crippen molar-refractivity contribution in [1.29, 1.82) is 0 Å². The van der Waals surface area contributed by atoms with Crippen LogP contribution in [0.25, 0.3) is 0 Å². The normalized spacial score (nSPS) is 38.7. The fourth-order valence-electron chi connectivity index (χ4n) is 3.41. The molecule has 82 valence electrons. The molecule has 2 bridgehead atoms. The summed E-state index contributed by atoms with van der Waals surface area (Å²) in [6.45, 7) is 2.02. The monoisotopic (exact) mass is 205 g/mol. The number of nitrogens with zero attached hydrogens (tertiary/aromatic N) is 1. The molecule has 0 aromatic carbocycles. The van der Waals surface area contributed by atoms with Crippen LogP contribution in [0.1, 0.15) is 32.1 Å². The van der Waals surface area contributed by atoms with E-state index in [4.69, 9.17) is 0 Å². The third-order valence-corrected chi connectivity index (χ3v) is 4.26. The van der Waals surface area contributed by atoms with E-state index in [0.717, 1.165) is 19.5 Å². The molecule has 3 atom stereocenters. The number of hydrogen-bond donors (Lipinski definition) is 0. The predicted octanol–water partition coefficient (Wildman–Crippen LogP) is 2.21. The first kappa shape index (κ1) is 9.44. The summed E-state index contributed by atoms with van der Waals surface area (Å²) in [5, 5.41) is 0. The van der Waals surface area contributed by atoms with Crippen molar-refractivity contribution in [3.63, 3.8) is 0 Å². The number of carbonyl (C=O) groups excluding carboxylic acids is 1. The zero-order chi connectivity index (χ0) is 10.3. The molecular formula is C13H19NO. The lowest BCUT2D eigenvalue weighted by atomic mass is 9.91. The molecule has 0 N–H and O–H groups in total. The summed E-state index contributed by atoms with van der Waals surface area (Å²) < 4.78 is 0. The Bertz CT molecular complexity index is 291. The lowest BCUT2D eigenvalue weighted by Gasteiger charge is -2.31. The minimum Gasteiger partial charge on any atom is -0.342 e. The molecule has 0 unspecified atom stereocenters. The number of likely N-dealkylation sites (tertiary alicyclic amines) is 1. The average Bonchev–Trinajstić information content (AvgIpc) is 2.91. The lowest BCUT2D eigenvalue weighted by Crippen LogP contribution is -2.40. The largest absolute Gasteiger partial charge is 0.342 e. The van der Waals surface area contributed by atoms with Crippen molar-refractivity contribution in [3.05, 3.63) is 12.2 Å². The summed E-state index contributed by atoms with van der Waals surface area (Å²) in [5.41, 5.74) is 0. The fraction of sp³-hybridized carbons (Fsp3) is 0.769. The molecule has 0 aromatic rings. The van der Waals surface area contributed by atoms with E-state index in [1.54, 1.807) is 0 Å². The van der Waals surface area contributed by atoms with Crippen LogP contribution in [0.3, 0.4) is 0 Å². The smallest absolute Gasteiger partial charge is 0.226 e. The Morgan fingerprint density at radius 1 is 1.07 bits per heavy atom. The maximum atomic E-state index is 12.3. The van der Waals surface area contributed by atoms with Crippen LogP contribution in [0.2, 0.25) is 0 Å². The molecule has 2 fully saturated rings. The van der Waals surface area contributed by atoms with Crippen molar-refractivity contribution in [3.8, 4) is 0 Å². The first-order valence-electron chi connectivity index (χ1n) is 6.32. The molecule has 1 heterocycles. The highest BCUT2D eigenvalue weighted by Gasteiger charge is 2.41. The molecule has 1 aliphatic heterocycles. The Kier molecular flexibility index (Phi) is 2.30. The topological polar surface area (TPSA) is 20.3 Å². The van der Waals surface area contributed by atoms with Gasteiger partial charge in [0.25, 0.3) is 0 Å². The van der Waals surface area contributed by atoms with Gasteiger partial charge in [-0.15, -0.1) is 0 Å². The second kappa shape index (κ2) is 3.66. The van der Waals surface area contributed by atoms with Gasteiger partial charge in [0.2, 0.25) is 5.91 Å². The van der Waals surface area contributed by atoms with Gasteiger partial charge < -0.3 is 4.90 Å². The molecule has 2 aliphatic carbocycles. The molecule has 0 radical (unpaired) electrons. The fourth-order valence-corrected chi connectivity index (χ4v) is 3.41. The van der Waals surface area contributed by atoms with Crippen molar-refractivity contribution in [1.82, 2.24) is 4.90 Å². The summed E-state index contributed by atoms with van der Waals surface area (Å²) in [7, 11) is 0. The van der Waals surface area contributed by atoms with Crippen LogP contribution in [-0.4, -0.2) is 23.9 Å². The molecule has 0 spiro atoms. The van der Waals surface area contributed by atoms with E-state index < -0.39 is 0 Å². The highest BCUT2D eigenvalue weighted by molar-refractivity contribution is 5.80. The minimum atomic E-state index is 0.332. The quantitative estimate of drug-likeness (QED) is 0.601. The van der Waals surface area contributed by atoms with E-state index in [0.29, 0.717) is 23.7 Å². The van der Waals surface area contributed by atoms with Crippen molar-refractivity contribution < 1.29 is 4.79 Å². The summed E-state index contributed by atoms with van der Waals surface area (Å²) >= 11 is 0. The zero-order valence-electron chi connectivity index (χ0n) is 9.19. The van der Waals surface area contributed by atoms with Crippen LogP contribution in [0.15, 0.2) is 12.2 Å². The van der Waals surface area contributed by atoms with Gasteiger partial charge in [-0.1, -0.05) is 12.2 Å². The first-order chi connectivity index (χ1) is 7.34. The number of allylic oxidation sites excluding steroid dienone is 2. The Labute approximate surface area is 91.3 Å². The zero-order valence-corrected chi connectivity index (χ0v) is 9.19. The van der Waals surface area contributed by atoms with Gasteiger partial charge in [-0.2, -0.15) is 0 Å². The van der Waals surface area contributed by atoms with E-state index in [-0.39, 0.29) is 0 Å². The molecule has 15 heavy (non-hydrogen) atoms. The number of piperidine rings is 1. The van der Waals surface area contributed by atoms with Gasteiger partial charge in [0.1, 0.15) is 0 Å². The highest BCUT2D eigenvalue weighted by Crippen LogP contribution is 2.44. The van der Waals surface area contributed by atoms with Crippen LogP contribution in [-0.2, 0) is 4.79 Å². The Hall–Kier alpha value is -0.790. The molecular weight excluding hydrogens is 186 g/mol. The molecule has 3 aliphatic rings. The van der Waals surface area contributed by atoms with Gasteiger partial charge in [0.05, 0.1) is 0 Å². The second-order valence-electron chi connectivity index (χ2n) is 5.27. The number of rotatable bonds is 1. The molecule has 0 aromatic heterocycles. The lowest BCUT2D eigenvalue weighted by molar-refractivity contribution is -0.137. The maximum absolute atomic E-state index is 12.3. The van der Waals surface area contributed by atoms with Crippen LogP contribution in [0, 0.1) is 17.8 Å². The Balaban J connectivity index is 1.67. The van der Waals surface area contributed by atoms with Crippen molar-refractivity contribution in [2.45, 2.75) is 32.1 Å². The second-order valence-corrected chi connectivity index (χ2v) is 5.27. The highest BCUT2D eigenvalue weighted by atomic mass is 16.2. The molecule has 2 nitrogen and oxygen atoms in total. The van der Waals surface area contributed by atoms with Crippen LogP contribution >= 0.6 is 0 Å². The summed E-state index contributed by atoms with van der Waals surface area (Å²) in [6, 6.07) is 0. The number of fused-ring (bicyclic) bond motifs is 2. The molecule has 2 heteroatoms. The van der Waals surface area contributed by atoms with Gasteiger partial charge in [0.15, 0.2) is 0 Å². The van der Waals surface area contributed by atoms with Crippen molar-refractivity contribution in [2.75, 3.05) is 13.1 Å². The number of hydrogen-bond acceptors (Lipinski definition) is 1. The summed E-state index contributed by atoms with van der Waals surface area (Å²) in [4.78, 5) is 14.4. The van der Waals surface area contributed by atoms with Crippen molar-refractivity contribution >= 4 is 5.91 Å². The van der Waals surface area contributed by atoms with E-state index in [9.17, 15) is 4.79 Å². The molecule has 1 saturated heterocycles. The number of carbonyl (C=O) groups is 1. The van der Waals surface area contributed by atoms with E-state index >= 15 is 0 Å². The molecule has 1 saturated carbocycles. The predicted molar refractivity (Wildman–Crippen MR) is 59.3 cm³/mol. The third-order valence-electron chi connectivity index (χ3n) is 4.26. The molecule has 3 rings (SSSR count). The van der Waals surface area contributed by atoms with Crippen LogP contribution in [0.5, 0.6) is 0 Å².